The van der Waals surface area contributed by atoms with Crippen molar-refractivity contribution in [2.24, 2.45) is 34.5 Å². The predicted molar refractivity (Wildman–Crippen MR) is 80.6 cm³/mol. The maximum Gasteiger partial charge on any atom is -0.0207 e. The Kier molecular flexibility index (Phi) is 3.87. The largest absolute Gasteiger partial charge is 0.0654 e. The summed E-state index contributed by atoms with van der Waals surface area (Å²) in [7, 11) is 0. The van der Waals surface area contributed by atoms with Gasteiger partial charge in [0.25, 0.3) is 0 Å². The molecule has 2 aliphatic carbocycles. The van der Waals surface area contributed by atoms with Gasteiger partial charge in [0.1, 0.15) is 0 Å². The van der Waals surface area contributed by atoms with Gasteiger partial charge in [-0.3, -0.25) is 0 Å². The van der Waals surface area contributed by atoms with Gasteiger partial charge in [0.05, 0.1) is 0 Å². The molecule has 0 aromatic carbocycles. The minimum atomic E-state index is 0.681. The first-order valence-corrected chi connectivity index (χ1v) is 8.47. The first-order valence-electron chi connectivity index (χ1n) is 8.47. The van der Waals surface area contributed by atoms with E-state index in [4.69, 9.17) is 0 Å². The second-order valence-electron chi connectivity index (χ2n) is 7.68. The van der Waals surface area contributed by atoms with Gasteiger partial charge in [0.15, 0.2) is 0 Å². The zero-order valence-corrected chi connectivity index (χ0v) is 13.6. The van der Waals surface area contributed by atoms with Crippen molar-refractivity contribution in [1.82, 2.24) is 0 Å². The molecule has 2 fully saturated rings. The summed E-state index contributed by atoms with van der Waals surface area (Å²) >= 11 is 0. The standard InChI is InChI=1S/C18H34/c1-7-10-15(8-2)18(12-14(18)5)16(9-3)17(6)11-13(17)4/h13-16H,7-12H2,1-6H3. The summed E-state index contributed by atoms with van der Waals surface area (Å²) in [6.07, 6.45) is 8.65. The van der Waals surface area contributed by atoms with Crippen LogP contribution in [0.2, 0.25) is 0 Å². The van der Waals surface area contributed by atoms with Gasteiger partial charge in [0, 0.05) is 0 Å². The lowest BCUT2D eigenvalue weighted by atomic mass is 9.66. The van der Waals surface area contributed by atoms with Crippen LogP contribution < -0.4 is 0 Å². The van der Waals surface area contributed by atoms with Crippen molar-refractivity contribution >= 4 is 0 Å². The van der Waals surface area contributed by atoms with E-state index in [1.165, 1.54) is 38.5 Å². The molecule has 18 heavy (non-hydrogen) atoms. The first kappa shape index (κ1) is 14.4. The molecule has 2 saturated carbocycles. The van der Waals surface area contributed by atoms with Gasteiger partial charge in [-0.15, -0.1) is 0 Å². The topological polar surface area (TPSA) is 0 Å². The van der Waals surface area contributed by atoms with Crippen LogP contribution in [0, 0.1) is 34.5 Å². The van der Waals surface area contributed by atoms with Crippen molar-refractivity contribution in [2.45, 2.75) is 80.1 Å². The summed E-state index contributed by atoms with van der Waals surface area (Å²) in [4.78, 5) is 0. The van der Waals surface area contributed by atoms with Gasteiger partial charge < -0.3 is 0 Å². The van der Waals surface area contributed by atoms with Gasteiger partial charge in [-0.1, -0.05) is 67.2 Å². The molecule has 0 aliphatic heterocycles. The van der Waals surface area contributed by atoms with Crippen LogP contribution in [0.1, 0.15) is 80.1 Å². The Balaban J connectivity index is 2.21. The highest BCUT2D eigenvalue weighted by Gasteiger charge is 2.67. The fraction of sp³-hybridized carbons (Fsp3) is 1.00. The first-order chi connectivity index (χ1) is 8.47. The van der Waals surface area contributed by atoms with E-state index in [2.05, 4.69) is 41.5 Å². The molecule has 0 bridgehead atoms. The summed E-state index contributed by atoms with van der Waals surface area (Å²) in [6.45, 7) is 14.8. The zero-order valence-electron chi connectivity index (χ0n) is 13.6. The third-order valence-corrected chi connectivity index (χ3v) is 6.87. The lowest BCUT2D eigenvalue weighted by Crippen LogP contribution is -2.32. The molecule has 0 saturated heterocycles. The van der Waals surface area contributed by atoms with Crippen molar-refractivity contribution in [2.75, 3.05) is 0 Å². The monoisotopic (exact) mass is 250 g/mol. The van der Waals surface area contributed by atoms with E-state index in [0.717, 1.165) is 29.1 Å². The molecular formula is C18H34. The minimum Gasteiger partial charge on any atom is -0.0654 e. The van der Waals surface area contributed by atoms with E-state index in [1.54, 1.807) is 0 Å². The maximum absolute atomic E-state index is 2.58. The van der Waals surface area contributed by atoms with Crippen LogP contribution in [0.25, 0.3) is 0 Å². The van der Waals surface area contributed by atoms with Crippen molar-refractivity contribution in [3.05, 3.63) is 0 Å². The highest BCUT2D eigenvalue weighted by Crippen LogP contribution is 2.74. The van der Waals surface area contributed by atoms with Crippen LogP contribution in [0.3, 0.4) is 0 Å². The van der Waals surface area contributed by atoms with Crippen LogP contribution in [0.5, 0.6) is 0 Å². The summed E-state index contributed by atoms with van der Waals surface area (Å²) in [6, 6.07) is 0. The van der Waals surface area contributed by atoms with Gasteiger partial charge in [-0.25, -0.2) is 0 Å². The summed E-state index contributed by atoms with van der Waals surface area (Å²) < 4.78 is 0. The fourth-order valence-electron chi connectivity index (χ4n) is 5.56. The Morgan fingerprint density at radius 2 is 1.56 bits per heavy atom. The predicted octanol–water partition coefficient (Wildman–Crippen LogP) is 5.91. The van der Waals surface area contributed by atoms with E-state index < -0.39 is 0 Å². The molecule has 106 valence electrons. The maximum atomic E-state index is 2.58. The molecule has 0 aromatic heterocycles. The molecule has 2 aliphatic rings. The molecule has 0 N–H and O–H groups in total. The zero-order chi connectivity index (χ0) is 13.6. The van der Waals surface area contributed by atoms with E-state index in [-0.39, 0.29) is 0 Å². The van der Waals surface area contributed by atoms with E-state index in [9.17, 15) is 0 Å². The molecule has 6 atom stereocenters. The lowest BCUT2D eigenvalue weighted by Gasteiger charge is -2.39. The van der Waals surface area contributed by atoms with Crippen molar-refractivity contribution in [1.29, 1.82) is 0 Å². The van der Waals surface area contributed by atoms with Crippen LogP contribution in [0.4, 0.5) is 0 Å². The second kappa shape index (κ2) is 4.84. The quantitative estimate of drug-likeness (QED) is 0.527. The highest BCUT2D eigenvalue weighted by molar-refractivity contribution is 5.15. The number of hydrogen-bond donors (Lipinski definition) is 0. The van der Waals surface area contributed by atoms with E-state index in [1.807, 2.05) is 0 Å². The van der Waals surface area contributed by atoms with E-state index in [0.29, 0.717) is 5.41 Å². The normalized spacial score (nSPS) is 45.7. The molecule has 0 radical (unpaired) electrons. The second-order valence-corrected chi connectivity index (χ2v) is 7.68. The van der Waals surface area contributed by atoms with Crippen molar-refractivity contribution in [3.8, 4) is 0 Å². The third-order valence-electron chi connectivity index (χ3n) is 6.87. The van der Waals surface area contributed by atoms with Crippen LogP contribution in [-0.4, -0.2) is 0 Å². The smallest absolute Gasteiger partial charge is 0.0207 e. The molecular weight excluding hydrogens is 216 g/mol. The average Bonchev–Trinajstić information content (AvgIpc) is 3.16. The molecule has 0 heterocycles. The fourth-order valence-corrected chi connectivity index (χ4v) is 5.56. The summed E-state index contributed by atoms with van der Waals surface area (Å²) in [5.41, 5.74) is 1.40. The Morgan fingerprint density at radius 3 is 1.83 bits per heavy atom. The summed E-state index contributed by atoms with van der Waals surface area (Å²) in [5, 5.41) is 0. The van der Waals surface area contributed by atoms with Crippen molar-refractivity contribution < 1.29 is 0 Å². The van der Waals surface area contributed by atoms with Gasteiger partial charge in [0.2, 0.25) is 0 Å². The van der Waals surface area contributed by atoms with Gasteiger partial charge >= 0.3 is 0 Å². The lowest BCUT2D eigenvalue weighted by molar-refractivity contribution is 0.0929. The van der Waals surface area contributed by atoms with Gasteiger partial charge in [-0.2, -0.15) is 0 Å². The minimum absolute atomic E-state index is 0.681. The van der Waals surface area contributed by atoms with Crippen LogP contribution in [-0.2, 0) is 0 Å². The van der Waals surface area contributed by atoms with Gasteiger partial charge in [-0.05, 0) is 47.3 Å². The Morgan fingerprint density at radius 1 is 1.00 bits per heavy atom. The third kappa shape index (κ3) is 1.95. The molecule has 0 spiro atoms. The van der Waals surface area contributed by atoms with E-state index >= 15 is 0 Å². The number of hydrogen-bond acceptors (Lipinski definition) is 0. The molecule has 0 aromatic rings. The number of rotatable bonds is 7. The Hall–Kier alpha value is 0. The average molecular weight is 250 g/mol. The Labute approximate surface area is 115 Å². The SMILES string of the molecule is CCCC(CC)C1(C(CC)C2(C)CC2C)CC1C. The summed E-state index contributed by atoms with van der Waals surface area (Å²) in [5.74, 6) is 3.95. The Bertz CT molecular complexity index is 294. The molecule has 2 rings (SSSR count). The van der Waals surface area contributed by atoms with Crippen molar-refractivity contribution in [3.63, 3.8) is 0 Å². The highest BCUT2D eigenvalue weighted by atomic mass is 14.7. The molecule has 0 amide bonds. The molecule has 0 nitrogen and oxygen atoms in total. The molecule has 0 heteroatoms. The van der Waals surface area contributed by atoms with Crippen LogP contribution >= 0.6 is 0 Å². The molecule has 6 unspecified atom stereocenters. The van der Waals surface area contributed by atoms with Crippen LogP contribution in [0.15, 0.2) is 0 Å².